The van der Waals surface area contributed by atoms with Gasteiger partial charge in [0.25, 0.3) is 0 Å². The Morgan fingerprint density at radius 3 is 1.66 bits per heavy atom. The van der Waals surface area contributed by atoms with Crippen molar-refractivity contribution in [1.29, 1.82) is 0 Å². The molecule has 0 saturated heterocycles. The van der Waals surface area contributed by atoms with Gasteiger partial charge >= 0.3 is 30.2 Å². The normalized spacial score (nSPS) is 10.6. The molecule has 47 heavy (non-hydrogen) atoms. The molecule has 0 aliphatic heterocycles. The number of benzene rings is 6. The molecule has 2 heteroatoms. The summed E-state index contributed by atoms with van der Waals surface area (Å²) in [5.41, 5.74) is 9.35. The summed E-state index contributed by atoms with van der Waals surface area (Å²) in [6.07, 6.45) is 0. The first-order valence-corrected chi connectivity index (χ1v) is 19.7. The van der Waals surface area contributed by atoms with Crippen LogP contribution in [0.2, 0.25) is 0 Å². The van der Waals surface area contributed by atoms with Gasteiger partial charge in [0.2, 0.25) is 0 Å². The third kappa shape index (κ3) is 7.51. The van der Waals surface area contributed by atoms with E-state index < -0.39 is 0 Å². The van der Waals surface area contributed by atoms with Crippen LogP contribution in [0.25, 0.3) is 65.3 Å². The van der Waals surface area contributed by atoms with Gasteiger partial charge in [-0.2, -0.15) is 12.1 Å². The van der Waals surface area contributed by atoms with E-state index in [1.165, 1.54) is 105 Å². The van der Waals surface area contributed by atoms with Gasteiger partial charge in [-0.15, -0.1) is 68.6 Å². The average molecular weight is 702 g/mol. The maximum absolute atomic E-state index is 3.06. The Morgan fingerprint density at radius 1 is 0.532 bits per heavy atom. The Balaban J connectivity index is 0.000000195. The van der Waals surface area contributed by atoms with Gasteiger partial charge in [0.15, 0.2) is 0 Å². The Morgan fingerprint density at radius 2 is 1.09 bits per heavy atom. The molecule has 2 radical (unpaired) electrons. The predicted molar refractivity (Wildman–Crippen MR) is 207 cm³/mol. The monoisotopic (exact) mass is 700 g/mol. The molecule has 0 N–H and O–H groups in total. The fraction of sp³-hybridized carbons (Fsp3) is 0.111. The van der Waals surface area contributed by atoms with Crippen LogP contribution < -0.4 is 0 Å². The van der Waals surface area contributed by atoms with Crippen molar-refractivity contribution < 1.29 is 23.3 Å². The second kappa shape index (κ2) is 15.8. The van der Waals surface area contributed by atoms with Crippen molar-refractivity contribution in [3.8, 4) is 22.3 Å². The van der Waals surface area contributed by atoms with Crippen molar-refractivity contribution in [2.45, 2.75) is 33.6 Å². The molecule has 0 nitrogen and oxygen atoms in total. The number of fused-ring (bicyclic) bond motifs is 4. The van der Waals surface area contributed by atoms with Crippen molar-refractivity contribution in [1.82, 2.24) is 0 Å². The van der Waals surface area contributed by atoms with Crippen LogP contribution in [-0.2, 0) is 23.3 Å². The summed E-state index contributed by atoms with van der Waals surface area (Å²) in [7, 11) is 0. The van der Waals surface area contributed by atoms with E-state index in [-0.39, 0.29) is 14.9 Å². The molecule has 234 valence electrons. The second-order valence-corrected chi connectivity index (χ2v) is 12.2. The van der Waals surface area contributed by atoms with Crippen LogP contribution in [-0.4, -0.2) is 6.88 Å². The molecule has 0 aliphatic carbocycles. The van der Waals surface area contributed by atoms with Crippen LogP contribution in [0.4, 0.5) is 0 Å². The third-order valence-corrected chi connectivity index (χ3v) is 8.81. The zero-order chi connectivity index (χ0) is 31.5. The molecule has 0 saturated carbocycles. The second-order valence-electron chi connectivity index (χ2n) is 12.2. The predicted octanol–water partition coefficient (Wildman–Crippen LogP) is 13.0. The minimum absolute atomic E-state index is 0. The van der Waals surface area contributed by atoms with Crippen molar-refractivity contribution >= 4 is 50.0 Å². The van der Waals surface area contributed by atoms with Gasteiger partial charge in [-0.25, -0.2) is 0 Å². The van der Waals surface area contributed by atoms with E-state index in [9.17, 15) is 0 Å². The molecular formula is C45H42SiZr-4. The SMILES string of the molecule is CC(C)c1cc2c(-c3ccc4ccccc4c3)cccc2[cH-]1.Cc1cc2c(-c3ccc4ccccc4c3)ccc(C)c2[cH-]1.[CH3-].[CH3-].[Si]=[Zr]. The summed E-state index contributed by atoms with van der Waals surface area (Å²) >= 11 is 1.36. The van der Waals surface area contributed by atoms with Crippen LogP contribution in [0.5, 0.6) is 0 Å². The average Bonchev–Trinajstić information content (AvgIpc) is 3.70. The molecule has 0 spiro atoms. The maximum atomic E-state index is 3.06. The fourth-order valence-corrected chi connectivity index (χ4v) is 6.40. The summed E-state index contributed by atoms with van der Waals surface area (Å²) in [4.78, 5) is 0. The van der Waals surface area contributed by atoms with E-state index in [2.05, 4.69) is 174 Å². The standard InChI is InChI=1S/C22H19.C21H17.2CH3.Si.Zr/c1-15(2)20-13-18-8-5-9-21(22(18)14-20)19-11-10-16-6-3-4-7-17(16)12-19;1-14-11-20-15(2)7-10-19(21(20)12-14)18-9-8-16-5-3-4-6-17(16)13-18;;;;/h3-15H,1-2H3;3-13H,1-2H3;2*1H3;;/q4*-1;;. The Bertz CT molecular complexity index is 2260. The summed E-state index contributed by atoms with van der Waals surface area (Å²) in [5.74, 6) is 0.567. The van der Waals surface area contributed by atoms with E-state index in [1.807, 2.05) is 0 Å². The van der Waals surface area contributed by atoms with Crippen LogP contribution in [0.15, 0.2) is 140 Å². The number of hydrogen-bond acceptors (Lipinski definition) is 0. The third-order valence-electron chi connectivity index (χ3n) is 8.81. The van der Waals surface area contributed by atoms with E-state index in [0.29, 0.717) is 5.92 Å². The molecule has 8 aromatic carbocycles. The van der Waals surface area contributed by atoms with Gasteiger partial charge < -0.3 is 14.9 Å². The van der Waals surface area contributed by atoms with Crippen molar-refractivity contribution in [3.63, 3.8) is 0 Å². The van der Waals surface area contributed by atoms with Crippen LogP contribution in [0, 0.1) is 28.7 Å². The molecular weight excluding hydrogens is 660 g/mol. The van der Waals surface area contributed by atoms with Gasteiger partial charge in [-0.1, -0.05) is 124 Å². The van der Waals surface area contributed by atoms with Crippen LogP contribution >= 0.6 is 0 Å². The zero-order valence-corrected chi connectivity index (χ0v) is 31.8. The molecule has 0 heterocycles. The van der Waals surface area contributed by atoms with Crippen LogP contribution in [0.3, 0.4) is 0 Å². The number of aryl methyl sites for hydroxylation is 2. The van der Waals surface area contributed by atoms with Crippen LogP contribution in [0.1, 0.15) is 36.5 Å². The van der Waals surface area contributed by atoms with E-state index >= 15 is 0 Å². The Hall–Kier alpha value is -3.84. The molecule has 0 atom stereocenters. The van der Waals surface area contributed by atoms with E-state index in [1.54, 1.807) is 0 Å². The zero-order valence-electron chi connectivity index (χ0n) is 28.4. The molecule has 0 fully saturated rings. The fourth-order valence-electron chi connectivity index (χ4n) is 6.40. The van der Waals surface area contributed by atoms with Gasteiger partial charge in [-0.05, 0) is 50.7 Å². The Labute approximate surface area is 298 Å². The van der Waals surface area contributed by atoms with Crippen molar-refractivity contribution in [3.05, 3.63) is 171 Å². The quantitative estimate of drug-likeness (QED) is 0.127. The molecule has 8 rings (SSSR count). The first kappa shape index (κ1) is 36.0. The van der Waals surface area contributed by atoms with Gasteiger partial charge in [0.05, 0.1) is 0 Å². The van der Waals surface area contributed by atoms with Gasteiger partial charge in [-0.3, -0.25) is 0 Å². The molecule has 0 amide bonds. The molecule has 8 aromatic rings. The van der Waals surface area contributed by atoms with Crippen molar-refractivity contribution in [2.75, 3.05) is 0 Å². The number of hydrogen-bond donors (Lipinski definition) is 0. The van der Waals surface area contributed by atoms with E-state index in [4.69, 9.17) is 0 Å². The summed E-state index contributed by atoms with van der Waals surface area (Å²) in [6, 6.07) is 50.9. The molecule has 0 aromatic heterocycles. The Kier molecular flexibility index (Phi) is 12.1. The molecule has 0 bridgehead atoms. The first-order valence-electron chi connectivity index (χ1n) is 15.5. The number of rotatable bonds is 3. The van der Waals surface area contributed by atoms with Gasteiger partial charge in [0, 0.05) is 0 Å². The summed E-state index contributed by atoms with van der Waals surface area (Å²) in [5, 5.41) is 10.6. The summed E-state index contributed by atoms with van der Waals surface area (Å²) in [6.45, 7) is 11.9. The summed E-state index contributed by atoms with van der Waals surface area (Å²) < 4.78 is 0. The molecule has 0 aliphatic rings. The first-order chi connectivity index (χ1) is 21.9. The topological polar surface area (TPSA) is 0 Å². The molecule has 0 unspecified atom stereocenters. The van der Waals surface area contributed by atoms with Crippen molar-refractivity contribution in [2.24, 2.45) is 0 Å². The van der Waals surface area contributed by atoms with E-state index in [0.717, 1.165) is 0 Å². The van der Waals surface area contributed by atoms with Gasteiger partial charge in [0.1, 0.15) is 0 Å². The minimum atomic E-state index is 0.